The van der Waals surface area contributed by atoms with E-state index in [1.165, 1.54) is 36.4 Å². The van der Waals surface area contributed by atoms with Crippen molar-refractivity contribution >= 4 is 33.4 Å². The fourth-order valence-corrected chi connectivity index (χ4v) is 6.10. The molecule has 1 aromatic rings. The Kier molecular flexibility index (Phi) is 9.62. The Bertz CT molecular complexity index is 732. The Morgan fingerprint density at radius 3 is 2.41 bits per heavy atom. The molecule has 29 heavy (non-hydrogen) atoms. The predicted octanol–water partition coefficient (Wildman–Crippen LogP) is 3.81. The quantitative estimate of drug-likeness (QED) is 0.528. The number of carbonyl (C=O) groups is 1. The highest BCUT2D eigenvalue weighted by atomic mass is 32.2. The number of thioether (sulfide) groups is 1. The number of carbonyl (C=O) groups excluding carboxylic acids is 1. The van der Waals surface area contributed by atoms with Crippen LogP contribution >= 0.6 is 11.8 Å². The third-order valence-corrected chi connectivity index (χ3v) is 7.60. The topological polar surface area (TPSA) is 75.7 Å². The lowest BCUT2D eigenvalue weighted by atomic mass is 10.0. The highest BCUT2D eigenvalue weighted by Gasteiger charge is 2.31. The van der Waals surface area contributed by atoms with E-state index in [4.69, 9.17) is 4.74 Å². The standard InChI is InChI=1S/C21H34N2O4S2/c1-4-20(21(24)22-15-16-28-19-9-7-6-8-10-19)23(29(3,25)26)17-11-13-18(14-12-17)27-5-2/h11-14,19-20H,4-10,15-16H2,1-3H3,(H,22,24). The third kappa shape index (κ3) is 7.41. The van der Waals surface area contributed by atoms with Crippen molar-refractivity contribution in [2.75, 3.05) is 29.5 Å². The normalized spacial score (nSPS) is 16.2. The van der Waals surface area contributed by atoms with Crippen molar-refractivity contribution in [2.45, 2.75) is 63.7 Å². The molecular weight excluding hydrogens is 408 g/mol. The van der Waals surface area contributed by atoms with Crippen LogP contribution < -0.4 is 14.4 Å². The molecule has 1 unspecified atom stereocenters. The molecule has 0 radical (unpaired) electrons. The maximum atomic E-state index is 12.8. The van der Waals surface area contributed by atoms with E-state index < -0.39 is 16.1 Å². The number of benzene rings is 1. The van der Waals surface area contributed by atoms with Gasteiger partial charge in [-0.1, -0.05) is 26.2 Å². The Hall–Kier alpha value is -1.41. The van der Waals surface area contributed by atoms with Crippen LogP contribution in [0, 0.1) is 0 Å². The van der Waals surface area contributed by atoms with Gasteiger partial charge in [-0.05, 0) is 50.5 Å². The molecule has 6 nitrogen and oxygen atoms in total. The largest absolute Gasteiger partial charge is 0.494 e. The van der Waals surface area contributed by atoms with E-state index in [2.05, 4.69) is 5.32 Å². The lowest BCUT2D eigenvalue weighted by molar-refractivity contribution is -0.122. The number of anilines is 1. The lowest BCUT2D eigenvalue weighted by Gasteiger charge is -2.30. The van der Waals surface area contributed by atoms with Crippen LogP contribution in [0.25, 0.3) is 0 Å². The zero-order chi connectivity index (χ0) is 21.3. The van der Waals surface area contributed by atoms with Crippen molar-refractivity contribution in [3.63, 3.8) is 0 Å². The summed E-state index contributed by atoms with van der Waals surface area (Å²) >= 11 is 1.91. The Morgan fingerprint density at radius 2 is 1.86 bits per heavy atom. The van der Waals surface area contributed by atoms with Crippen LogP contribution in [0.4, 0.5) is 5.69 Å². The number of nitrogens with one attached hydrogen (secondary N) is 1. The summed E-state index contributed by atoms with van der Waals surface area (Å²) in [4.78, 5) is 12.8. The zero-order valence-electron chi connectivity index (χ0n) is 17.7. The average molecular weight is 443 g/mol. The fourth-order valence-electron chi connectivity index (χ4n) is 3.67. The van der Waals surface area contributed by atoms with Crippen molar-refractivity contribution < 1.29 is 17.9 Å². The van der Waals surface area contributed by atoms with Crippen LogP contribution in [0.1, 0.15) is 52.4 Å². The number of sulfonamides is 1. The van der Waals surface area contributed by atoms with E-state index in [-0.39, 0.29) is 5.91 Å². The molecule has 2 rings (SSSR count). The van der Waals surface area contributed by atoms with E-state index in [1.54, 1.807) is 24.3 Å². The second-order valence-corrected chi connectivity index (χ2v) is 10.6. The van der Waals surface area contributed by atoms with Crippen LogP contribution in [0.15, 0.2) is 24.3 Å². The van der Waals surface area contributed by atoms with Crippen LogP contribution in [0.3, 0.4) is 0 Å². The molecule has 1 aliphatic rings. The van der Waals surface area contributed by atoms with Gasteiger partial charge in [0.05, 0.1) is 18.6 Å². The minimum Gasteiger partial charge on any atom is -0.494 e. The first-order chi connectivity index (χ1) is 13.9. The first-order valence-corrected chi connectivity index (χ1v) is 13.4. The predicted molar refractivity (Wildman–Crippen MR) is 121 cm³/mol. The summed E-state index contributed by atoms with van der Waals surface area (Å²) in [5.74, 6) is 1.27. The maximum absolute atomic E-state index is 12.8. The molecule has 0 saturated heterocycles. The number of nitrogens with zero attached hydrogens (tertiary/aromatic N) is 1. The summed E-state index contributed by atoms with van der Waals surface area (Å²) in [6.07, 6.45) is 7.98. The summed E-state index contributed by atoms with van der Waals surface area (Å²) in [7, 11) is -3.62. The molecule has 164 valence electrons. The minimum atomic E-state index is -3.62. The van der Waals surface area contributed by atoms with Crippen molar-refractivity contribution in [3.8, 4) is 5.75 Å². The second kappa shape index (κ2) is 11.7. The molecule has 1 atom stereocenters. The number of hydrogen-bond donors (Lipinski definition) is 1. The number of hydrogen-bond acceptors (Lipinski definition) is 5. The van der Waals surface area contributed by atoms with E-state index in [1.807, 2.05) is 25.6 Å². The molecule has 0 spiro atoms. The van der Waals surface area contributed by atoms with Crippen LogP contribution in [-0.4, -0.2) is 50.8 Å². The summed E-state index contributed by atoms with van der Waals surface area (Å²) in [6.45, 7) is 4.81. The Balaban J connectivity index is 2.00. The molecule has 0 aliphatic heterocycles. The molecule has 1 aliphatic carbocycles. The minimum absolute atomic E-state index is 0.254. The van der Waals surface area contributed by atoms with Gasteiger partial charge in [0, 0.05) is 17.5 Å². The summed E-state index contributed by atoms with van der Waals surface area (Å²) in [5, 5.41) is 3.63. The number of rotatable bonds is 11. The zero-order valence-corrected chi connectivity index (χ0v) is 19.4. The van der Waals surface area contributed by atoms with Crippen molar-refractivity contribution in [3.05, 3.63) is 24.3 Å². The second-order valence-electron chi connectivity index (χ2n) is 7.33. The average Bonchev–Trinajstić information content (AvgIpc) is 2.70. The van der Waals surface area contributed by atoms with Gasteiger partial charge in [-0.2, -0.15) is 11.8 Å². The van der Waals surface area contributed by atoms with E-state index in [0.29, 0.717) is 36.3 Å². The molecule has 1 aromatic carbocycles. The Morgan fingerprint density at radius 1 is 1.21 bits per heavy atom. The van der Waals surface area contributed by atoms with Crippen LogP contribution in [-0.2, 0) is 14.8 Å². The summed E-state index contributed by atoms with van der Waals surface area (Å²) in [6, 6.07) is 6.04. The number of amides is 1. The Labute approximate surface area is 179 Å². The molecule has 1 saturated carbocycles. The summed E-state index contributed by atoms with van der Waals surface area (Å²) in [5.41, 5.74) is 0.467. The molecule has 0 heterocycles. The molecule has 0 bridgehead atoms. The molecule has 1 amide bonds. The van der Waals surface area contributed by atoms with E-state index in [9.17, 15) is 13.2 Å². The van der Waals surface area contributed by atoms with Crippen LogP contribution in [0.2, 0.25) is 0 Å². The first-order valence-electron chi connectivity index (χ1n) is 10.5. The monoisotopic (exact) mass is 442 g/mol. The van der Waals surface area contributed by atoms with E-state index >= 15 is 0 Å². The van der Waals surface area contributed by atoms with Gasteiger partial charge in [-0.15, -0.1) is 0 Å². The van der Waals surface area contributed by atoms with Crippen molar-refractivity contribution in [2.24, 2.45) is 0 Å². The van der Waals surface area contributed by atoms with Gasteiger partial charge in [0.15, 0.2) is 0 Å². The van der Waals surface area contributed by atoms with E-state index in [0.717, 1.165) is 12.0 Å². The SMILES string of the molecule is CCOc1ccc(N(C(CC)C(=O)NCCSC2CCCCC2)S(C)(=O)=O)cc1. The highest BCUT2D eigenvalue weighted by Crippen LogP contribution is 2.28. The fraction of sp³-hybridized carbons (Fsp3) is 0.667. The van der Waals surface area contributed by atoms with Gasteiger partial charge >= 0.3 is 0 Å². The van der Waals surface area contributed by atoms with Gasteiger partial charge in [0.1, 0.15) is 11.8 Å². The van der Waals surface area contributed by atoms with Gasteiger partial charge < -0.3 is 10.1 Å². The molecule has 1 N–H and O–H groups in total. The highest BCUT2D eigenvalue weighted by molar-refractivity contribution is 7.99. The molecular formula is C21H34N2O4S2. The maximum Gasteiger partial charge on any atom is 0.243 e. The van der Waals surface area contributed by atoms with Crippen LogP contribution in [0.5, 0.6) is 5.75 Å². The molecule has 0 aromatic heterocycles. The lowest BCUT2D eigenvalue weighted by Crippen LogP contribution is -2.49. The van der Waals surface area contributed by atoms with Gasteiger partial charge in [0.25, 0.3) is 0 Å². The van der Waals surface area contributed by atoms with Crippen molar-refractivity contribution in [1.29, 1.82) is 0 Å². The summed E-state index contributed by atoms with van der Waals surface area (Å²) < 4.78 is 31.6. The number of ether oxygens (including phenoxy) is 1. The molecule has 8 heteroatoms. The van der Waals surface area contributed by atoms with Gasteiger partial charge in [0.2, 0.25) is 15.9 Å². The third-order valence-electron chi connectivity index (χ3n) is 5.04. The first kappa shape index (κ1) is 23.9. The smallest absolute Gasteiger partial charge is 0.243 e. The van der Waals surface area contributed by atoms with Gasteiger partial charge in [-0.3, -0.25) is 9.10 Å². The van der Waals surface area contributed by atoms with Gasteiger partial charge in [-0.25, -0.2) is 8.42 Å². The molecule has 1 fully saturated rings. The van der Waals surface area contributed by atoms with Crippen molar-refractivity contribution in [1.82, 2.24) is 5.32 Å².